The van der Waals surface area contributed by atoms with E-state index in [0.29, 0.717) is 10.6 Å². The number of halogens is 1. The second-order valence-electron chi connectivity index (χ2n) is 6.15. The van der Waals surface area contributed by atoms with Gasteiger partial charge in [-0.3, -0.25) is 4.79 Å². The molecular weight excluding hydrogens is 310 g/mol. The molecule has 124 valence electrons. The Bertz CT molecular complexity index is 588. The predicted molar refractivity (Wildman–Crippen MR) is 93.6 cm³/mol. The maximum absolute atomic E-state index is 12.5. The lowest BCUT2D eigenvalue weighted by atomic mass is 9.94. The van der Waals surface area contributed by atoms with Gasteiger partial charge in [0.25, 0.3) is 0 Å². The summed E-state index contributed by atoms with van der Waals surface area (Å²) in [5, 5.41) is 9.85. The van der Waals surface area contributed by atoms with Crippen LogP contribution in [0.1, 0.15) is 38.2 Å². The van der Waals surface area contributed by atoms with E-state index in [1.54, 1.807) is 6.07 Å². The summed E-state index contributed by atoms with van der Waals surface area (Å²) in [5.74, 6) is 0.362. The zero-order valence-electron chi connectivity index (χ0n) is 13.9. The van der Waals surface area contributed by atoms with Gasteiger partial charge in [-0.15, -0.1) is 0 Å². The monoisotopic (exact) mass is 333 g/mol. The van der Waals surface area contributed by atoms with E-state index in [2.05, 4.69) is 17.9 Å². The van der Waals surface area contributed by atoms with Gasteiger partial charge in [0.2, 0.25) is 5.91 Å². The van der Waals surface area contributed by atoms with Crippen LogP contribution in [0.3, 0.4) is 0 Å². The highest BCUT2D eigenvalue weighted by atomic mass is 35.5. The smallest absolute Gasteiger partial charge is 0.225 e. The summed E-state index contributed by atoms with van der Waals surface area (Å²) in [7, 11) is 1.90. The molecule has 0 aliphatic carbocycles. The number of unbranched alkanes of at least 4 members (excludes halogenated alkanes) is 1. The topological polar surface area (TPSA) is 47.3 Å². The van der Waals surface area contributed by atoms with Crippen LogP contribution in [0.4, 0.5) is 5.69 Å². The van der Waals surface area contributed by atoms with Gasteiger partial charge < -0.3 is 9.80 Å². The minimum atomic E-state index is 0.103. The second-order valence-corrected chi connectivity index (χ2v) is 6.58. The molecule has 0 radical (unpaired) electrons. The molecule has 0 atom stereocenters. The number of carbonyl (C=O) groups is 1. The molecule has 1 aromatic carbocycles. The number of hydrogen-bond donors (Lipinski definition) is 0. The van der Waals surface area contributed by atoms with Crippen molar-refractivity contribution in [3.8, 4) is 6.07 Å². The van der Waals surface area contributed by atoms with Gasteiger partial charge in [-0.2, -0.15) is 5.26 Å². The van der Waals surface area contributed by atoms with Gasteiger partial charge in [-0.05, 0) is 37.5 Å². The fourth-order valence-corrected chi connectivity index (χ4v) is 3.23. The van der Waals surface area contributed by atoms with Gasteiger partial charge in [-0.25, -0.2) is 0 Å². The molecule has 1 fully saturated rings. The number of nitrogens with zero attached hydrogens (tertiary/aromatic N) is 3. The van der Waals surface area contributed by atoms with Crippen molar-refractivity contribution in [2.24, 2.45) is 5.92 Å². The van der Waals surface area contributed by atoms with E-state index in [0.717, 1.165) is 51.0 Å². The van der Waals surface area contributed by atoms with E-state index >= 15 is 0 Å². The molecule has 0 spiro atoms. The molecule has 0 saturated carbocycles. The molecule has 1 amide bonds. The van der Waals surface area contributed by atoms with E-state index in [4.69, 9.17) is 11.6 Å². The third kappa shape index (κ3) is 4.39. The van der Waals surface area contributed by atoms with Crippen molar-refractivity contribution in [2.45, 2.75) is 32.6 Å². The zero-order valence-corrected chi connectivity index (χ0v) is 14.6. The van der Waals surface area contributed by atoms with Crippen LogP contribution < -0.4 is 4.90 Å². The Balaban J connectivity index is 1.96. The van der Waals surface area contributed by atoms with E-state index < -0.39 is 0 Å². The van der Waals surface area contributed by atoms with Gasteiger partial charge in [0.1, 0.15) is 6.07 Å². The first kappa shape index (κ1) is 17.6. The standard InChI is InChI=1S/C18H24ClN3O/c1-3-4-9-21(2)18(23)14-7-10-22(11-8-14)17-6-5-16(19)12-15(17)13-20/h5-6,12,14H,3-4,7-11H2,1-2H3. The van der Waals surface area contributed by atoms with Crippen LogP contribution in [0.25, 0.3) is 0 Å². The average Bonchev–Trinajstić information content (AvgIpc) is 2.59. The number of piperidine rings is 1. The predicted octanol–water partition coefficient (Wildman–Crippen LogP) is 3.69. The molecule has 23 heavy (non-hydrogen) atoms. The molecule has 0 bridgehead atoms. The van der Waals surface area contributed by atoms with Gasteiger partial charge >= 0.3 is 0 Å². The fraction of sp³-hybridized carbons (Fsp3) is 0.556. The Kier molecular flexibility index (Phi) is 6.29. The van der Waals surface area contributed by atoms with Crippen LogP contribution in [-0.2, 0) is 4.79 Å². The van der Waals surface area contributed by atoms with Crippen molar-refractivity contribution < 1.29 is 4.79 Å². The van der Waals surface area contributed by atoms with Gasteiger partial charge in [-0.1, -0.05) is 24.9 Å². The fourth-order valence-electron chi connectivity index (χ4n) is 3.06. The number of benzene rings is 1. The molecule has 1 aromatic rings. The number of amides is 1. The maximum atomic E-state index is 12.5. The number of rotatable bonds is 5. The molecule has 1 heterocycles. The molecule has 1 aliphatic rings. The first-order valence-corrected chi connectivity index (χ1v) is 8.64. The molecule has 1 saturated heterocycles. The van der Waals surface area contributed by atoms with E-state index in [9.17, 15) is 10.1 Å². The SMILES string of the molecule is CCCCN(C)C(=O)C1CCN(c2ccc(Cl)cc2C#N)CC1. The van der Waals surface area contributed by atoms with Gasteiger partial charge in [0, 0.05) is 37.6 Å². The van der Waals surface area contributed by atoms with E-state index in [1.807, 2.05) is 24.1 Å². The Morgan fingerprint density at radius 2 is 2.13 bits per heavy atom. The largest absolute Gasteiger partial charge is 0.370 e. The van der Waals surface area contributed by atoms with Crippen molar-refractivity contribution in [1.29, 1.82) is 5.26 Å². The molecule has 2 rings (SSSR count). The van der Waals surface area contributed by atoms with Crippen LogP contribution in [0.5, 0.6) is 0 Å². The summed E-state index contributed by atoms with van der Waals surface area (Å²) in [6.07, 6.45) is 3.83. The number of carbonyl (C=O) groups excluding carboxylic acids is 1. The summed E-state index contributed by atoms with van der Waals surface area (Å²) in [4.78, 5) is 16.5. The Morgan fingerprint density at radius 3 is 2.74 bits per heavy atom. The highest BCUT2D eigenvalue weighted by molar-refractivity contribution is 6.30. The van der Waals surface area contributed by atoms with E-state index in [1.165, 1.54) is 0 Å². The summed E-state index contributed by atoms with van der Waals surface area (Å²) in [6.45, 7) is 4.57. The molecule has 1 aliphatic heterocycles. The highest BCUT2D eigenvalue weighted by Gasteiger charge is 2.27. The van der Waals surface area contributed by atoms with Crippen LogP contribution in [0.2, 0.25) is 5.02 Å². The zero-order chi connectivity index (χ0) is 16.8. The van der Waals surface area contributed by atoms with Crippen molar-refractivity contribution in [3.63, 3.8) is 0 Å². The molecule has 0 aromatic heterocycles. The minimum absolute atomic E-state index is 0.103. The Labute approximate surface area is 143 Å². The lowest BCUT2D eigenvalue weighted by Gasteiger charge is -2.35. The lowest BCUT2D eigenvalue weighted by molar-refractivity contribution is -0.134. The summed E-state index contributed by atoms with van der Waals surface area (Å²) in [5.41, 5.74) is 1.52. The van der Waals surface area contributed by atoms with Crippen molar-refractivity contribution in [2.75, 3.05) is 31.6 Å². The number of nitriles is 1. The van der Waals surface area contributed by atoms with Crippen molar-refractivity contribution >= 4 is 23.2 Å². The molecule has 0 unspecified atom stereocenters. The molecule has 5 heteroatoms. The molecule has 4 nitrogen and oxygen atoms in total. The normalized spacial score (nSPS) is 15.3. The van der Waals surface area contributed by atoms with Crippen LogP contribution in [-0.4, -0.2) is 37.5 Å². The van der Waals surface area contributed by atoms with Crippen LogP contribution in [0, 0.1) is 17.2 Å². The summed E-state index contributed by atoms with van der Waals surface area (Å²) < 4.78 is 0. The van der Waals surface area contributed by atoms with Gasteiger partial charge in [0.15, 0.2) is 0 Å². The summed E-state index contributed by atoms with van der Waals surface area (Å²) >= 11 is 5.96. The minimum Gasteiger partial charge on any atom is -0.370 e. The third-order valence-electron chi connectivity index (χ3n) is 4.49. The Hall–Kier alpha value is -1.73. The quantitative estimate of drug-likeness (QED) is 0.825. The van der Waals surface area contributed by atoms with Crippen LogP contribution >= 0.6 is 11.6 Å². The average molecular weight is 334 g/mol. The maximum Gasteiger partial charge on any atom is 0.225 e. The number of anilines is 1. The number of hydrogen-bond acceptors (Lipinski definition) is 3. The van der Waals surface area contributed by atoms with Crippen molar-refractivity contribution in [3.05, 3.63) is 28.8 Å². The molecule has 0 N–H and O–H groups in total. The summed E-state index contributed by atoms with van der Waals surface area (Å²) in [6, 6.07) is 7.62. The first-order valence-electron chi connectivity index (χ1n) is 8.26. The third-order valence-corrected chi connectivity index (χ3v) is 4.72. The highest BCUT2D eigenvalue weighted by Crippen LogP contribution is 2.28. The Morgan fingerprint density at radius 1 is 1.43 bits per heavy atom. The lowest BCUT2D eigenvalue weighted by Crippen LogP contribution is -2.41. The van der Waals surface area contributed by atoms with Crippen LogP contribution in [0.15, 0.2) is 18.2 Å². The second kappa shape index (κ2) is 8.21. The van der Waals surface area contributed by atoms with E-state index in [-0.39, 0.29) is 11.8 Å². The van der Waals surface area contributed by atoms with Crippen molar-refractivity contribution in [1.82, 2.24) is 4.90 Å². The first-order chi connectivity index (χ1) is 11.1. The van der Waals surface area contributed by atoms with Gasteiger partial charge in [0.05, 0.1) is 11.3 Å². The molecular formula is C18H24ClN3O.